The molecule has 2 aromatic carbocycles. The highest BCUT2D eigenvalue weighted by Crippen LogP contribution is 2.36. The Kier molecular flexibility index (Phi) is 6.61. The lowest BCUT2D eigenvalue weighted by Gasteiger charge is -2.35. The quantitative estimate of drug-likeness (QED) is 0.607. The number of likely N-dealkylation sites (tertiary alicyclic amines) is 1. The number of hydrogen-bond acceptors (Lipinski definition) is 6. The smallest absolute Gasteiger partial charge is 0.238 e. The maximum atomic E-state index is 13.9. The molecule has 8 heteroatoms. The molecule has 7 nitrogen and oxygen atoms in total. The number of rotatable bonds is 6. The lowest BCUT2D eigenvalue weighted by Crippen LogP contribution is -2.40. The van der Waals surface area contributed by atoms with E-state index in [1.165, 1.54) is 12.1 Å². The van der Waals surface area contributed by atoms with Crippen molar-refractivity contribution < 1.29 is 13.9 Å². The van der Waals surface area contributed by atoms with Gasteiger partial charge in [-0.3, -0.25) is 9.69 Å². The van der Waals surface area contributed by atoms with Crippen LogP contribution >= 0.6 is 0 Å². The molecule has 1 aliphatic heterocycles. The highest BCUT2D eigenvalue weighted by molar-refractivity contribution is 5.92. The normalized spacial score (nSPS) is 16.5. The first-order chi connectivity index (χ1) is 15.5. The molecule has 2 heterocycles. The van der Waals surface area contributed by atoms with E-state index in [1.54, 1.807) is 43.6 Å². The summed E-state index contributed by atoms with van der Waals surface area (Å²) in [6.07, 6.45) is 4.46. The fraction of sp³-hybridized carbons (Fsp3) is 0.292. The van der Waals surface area contributed by atoms with Crippen molar-refractivity contribution >= 4 is 17.5 Å². The molecule has 32 heavy (non-hydrogen) atoms. The maximum absolute atomic E-state index is 13.9. The first kappa shape index (κ1) is 21.7. The van der Waals surface area contributed by atoms with Gasteiger partial charge in [-0.1, -0.05) is 18.6 Å². The zero-order valence-corrected chi connectivity index (χ0v) is 17.9. The molecule has 1 fully saturated rings. The van der Waals surface area contributed by atoms with Crippen molar-refractivity contribution in [3.8, 4) is 16.9 Å². The minimum Gasteiger partial charge on any atom is -0.497 e. The minimum atomic E-state index is -0.329. The highest BCUT2D eigenvalue weighted by Gasteiger charge is 2.29. The summed E-state index contributed by atoms with van der Waals surface area (Å²) in [6, 6.07) is 13.4. The highest BCUT2D eigenvalue weighted by atomic mass is 19.1. The topological polar surface area (TPSA) is 93.4 Å². The van der Waals surface area contributed by atoms with Crippen LogP contribution in [0.1, 0.15) is 31.0 Å². The van der Waals surface area contributed by atoms with E-state index >= 15 is 0 Å². The third-order valence-corrected chi connectivity index (χ3v) is 5.62. The summed E-state index contributed by atoms with van der Waals surface area (Å²) >= 11 is 0. The van der Waals surface area contributed by atoms with Crippen molar-refractivity contribution in [3.05, 3.63) is 66.2 Å². The van der Waals surface area contributed by atoms with Gasteiger partial charge in [-0.15, -0.1) is 0 Å². The predicted octanol–water partition coefficient (Wildman–Crippen LogP) is 4.04. The van der Waals surface area contributed by atoms with E-state index in [1.807, 2.05) is 6.07 Å². The molecule has 1 aliphatic rings. The zero-order valence-electron chi connectivity index (χ0n) is 17.9. The molecule has 1 atom stereocenters. The Hall–Kier alpha value is -3.52. The number of nitrogens with two attached hydrogens (primary N) is 1. The molecule has 4 rings (SSSR count). The van der Waals surface area contributed by atoms with Crippen LogP contribution in [0, 0.1) is 5.82 Å². The summed E-state index contributed by atoms with van der Waals surface area (Å²) in [5, 5.41) is 2.93. The monoisotopic (exact) mass is 435 g/mol. The van der Waals surface area contributed by atoms with Crippen LogP contribution in [0.5, 0.6) is 5.75 Å². The van der Waals surface area contributed by atoms with Crippen LogP contribution in [0.4, 0.5) is 16.0 Å². The Morgan fingerprint density at radius 1 is 1.25 bits per heavy atom. The summed E-state index contributed by atoms with van der Waals surface area (Å²) in [4.78, 5) is 23.5. The minimum absolute atomic E-state index is 0.114. The number of halogens is 1. The number of amides is 1. The fourth-order valence-electron chi connectivity index (χ4n) is 4.09. The summed E-state index contributed by atoms with van der Waals surface area (Å²) < 4.78 is 19.0. The van der Waals surface area contributed by atoms with Gasteiger partial charge in [-0.05, 0) is 61.3 Å². The largest absolute Gasteiger partial charge is 0.497 e. The van der Waals surface area contributed by atoms with Crippen molar-refractivity contribution in [1.29, 1.82) is 0 Å². The average molecular weight is 436 g/mol. The molecular weight excluding hydrogens is 409 g/mol. The Bertz CT molecular complexity index is 1090. The lowest BCUT2D eigenvalue weighted by atomic mass is 9.93. The van der Waals surface area contributed by atoms with Crippen LogP contribution in [0.3, 0.4) is 0 Å². The van der Waals surface area contributed by atoms with Crippen LogP contribution < -0.4 is 15.8 Å². The summed E-state index contributed by atoms with van der Waals surface area (Å²) in [5.74, 6) is 0.444. The summed E-state index contributed by atoms with van der Waals surface area (Å²) in [6.45, 7) is 0.969. The van der Waals surface area contributed by atoms with Gasteiger partial charge in [0.25, 0.3) is 0 Å². The number of hydrogen-bond donors (Lipinski definition) is 2. The van der Waals surface area contributed by atoms with Gasteiger partial charge in [0.1, 0.15) is 11.6 Å². The molecule has 0 bridgehead atoms. The molecular formula is C24H26FN5O2. The van der Waals surface area contributed by atoms with Crippen molar-refractivity contribution in [2.75, 3.05) is 31.2 Å². The number of benzene rings is 2. The molecule has 3 aromatic rings. The second-order valence-electron chi connectivity index (χ2n) is 7.80. The molecule has 1 saturated heterocycles. The Morgan fingerprint density at radius 3 is 2.81 bits per heavy atom. The van der Waals surface area contributed by atoms with Crippen molar-refractivity contribution in [2.45, 2.75) is 25.3 Å². The van der Waals surface area contributed by atoms with Crippen LogP contribution in [0.15, 0.2) is 54.7 Å². The molecule has 0 spiro atoms. The van der Waals surface area contributed by atoms with Gasteiger partial charge in [-0.25, -0.2) is 14.4 Å². The predicted molar refractivity (Wildman–Crippen MR) is 122 cm³/mol. The van der Waals surface area contributed by atoms with E-state index in [0.717, 1.165) is 42.8 Å². The molecule has 0 unspecified atom stereocenters. The Labute approximate surface area is 186 Å². The second-order valence-corrected chi connectivity index (χ2v) is 7.80. The molecule has 1 aromatic heterocycles. The number of carbonyl (C=O) groups is 1. The second kappa shape index (κ2) is 9.74. The number of aromatic nitrogens is 2. The first-order valence-corrected chi connectivity index (χ1v) is 10.6. The van der Waals surface area contributed by atoms with Crippen molar-refractivity contribution in [2.24, 2.45) is 0 Å². The first-order valence-electron chi connectivity index (χ1n) is 10.6. The van der Waals surface area contributed by atoms with E-state index in [-0.39, 0.29) is 30.3 Å². The van der Waals surface area contributed by atoms with Crippen LogP contribution in [0.2, 0.25) is 0 Å². The number of nitrogen functional groups attached to an aromatic ring is 1. The molecule has 3 N–H and O–H groups in total. The van der Waals surface area contributed by atoms with E-state index in [0.29, 0.717) is 11.3 Å². The number of carbonyl (C=O) groups excluding carboxylic acids is 1. The van der Waals surface area contributed by atoms with Gasteiger partial charge in [0.2, 0.25) is 11.9 Å². The summed E-state index contributed by atoms with van der Waals surface area (Å²) in [5.41, 5.74) is 8.75. The average Bonchev–Trinajstić information content (AvgIpc) is 2.80. The molecule has 1 amide bonds. The molecule has 0 saturated carbocycles. The van der Waals surface area contributed by atoms with E-state index in [2.05, 4.69) is 20.2 Å². The van der Waals surface area contributed by atoms with E-state index < -0.39 is 0 Å². The van der Waals surface area contributed by atoms with Gasteiger partial charge in [0.15, 0.2) is 0 Å². The summed E-state index contributed by atoms with van der Waals surface area (Å²) in [7, 11) is 1.60. The third kappa shape index (κ3) is 5.03. The van der Waals surface area contributed by atoms with Gasteiger partial charge in [0.05, 0.1) is 25.4 Å². The zero-order chi connectivity index (χ0) is 22.5. The van der Waals surface area contributed by atoms with Crippen LogP contribution in [0.25, 0.3) is 11.1 Å². The fourth-order valence-corrected chi connectivity index (χ4v) is 4.09. The van der Waals surface area contributed by atoms with Gasteiger partial charge >= 0.3 is 0 Å². The van der Waals surface area contributed by atoms with Gasteiger partial charge in [0, 0.05) is 17.4 Å². The van der Waals surface area contributed by atoms with E-state index in [4.69, 9.17) is 10.5 Å². The molecule has 0 radical (unpaired) electrons. The SMILES string of the molecule is COc1ccc(NC(=O)CN2CCCC[C@H]2c2nc(N)ncc2-c2cccc(F)c2)cc1. The number of anilines is 2. The third-order valence-electron chi connectivity index (χ3n) is 5.62. The number of methoxy groups -OCH3 is 1. The van der Waals surface area contributed by atoms with Gasteiger partial charge in [-0.2, -0.15) is 0 Å². The maximum Gasteiger partial charge on any atom is 0.238 e. The van der Waals surface area contributed by atoms with Crippen LogP contribution in [-0.4, -0.2) is 41.0 Å². The Balaban J connectivity index is 1.57. The van der Waals surface area contributed by atoms with Crippen molar-refractivity contribution in [1.82, 2.24) is 14.9 Å². The molecule has 166 valence electrons. The number of nitrogens with one attached hydrogen (secondary N) is 1. The van der Waals surface area contributed by atoms with Crippen molar-refractivity contribution in [3.63, 3.8) is 0 Å². The Morgan fingerprint density at radius 2 is 2.06 bits per heavy atom. The van der Waals surface area contributed by atoms with E-state index in [9.17, 15) is 9.18 Å². The molecule has 0 aliphatic carbocycles. The number of piperidine rings is 1. The number of nitrogens with zero attached hydrogens (tertiary/aromatic N) is 3. The van der Waals surface area contributed by atoms with Gasteiger partial charge < -0.3 is 15.8 Å². The number of ether oxygens (including phenoxy) is 1. The standard InChI is InChI=1S/C24H26FN5O2/c1-32-19-10-8-18(9-11-19)28-22(31)15-30-12-3-2-7-21(30)23-20(14-27-24(26)29-23)16-5-4-6-17(25)13-16/h4-6,8-11,13-14,21H,2-3,7,12,15H2,1H3,(H,28,31)(H2,26,27,29)/t21-/m0/s1. The van der Waals surface area contributed by atoms with Crippen LogP contribution in [-0.2, 0) is 4.79 Å². The lowest BCUT2D eigenvalue weighted by molar-refractivity contribution is -0.118.